The lowest BCUT2D eigenvalue weighted by molar-refractivity contribution is 0.0769. The van der Waals surface area contributed by atoms with Gasteiger partial charge in [-0.2, -0.15) is 0 Å². The number of amides is 1. The zero-order valence-electron chi connectivity index (χ0n) is 8.77. The van der Waals surface area contributed by atoms with Gasteiger partial charge in [0.15, 0.2) is 5.13 Å². The first-order valence-electron chi connectivity index (χ1n) is 4.80. The van der Waals surface area contributed by atoms with Gasteiger partial charge in [0.1, 0.15) is 5.69 Å². The van der Waals surface area contributed by atoms with Crippen molar-refractivity contribution in [2.75, 3.05) is 18.8 Å². The van der Waals surface area contributed by atoms with E-state index in [-0.39, 0.29) is 5.91 Å². The number of hydrogen-bond acceptors (Lipinski definition) is 4. The Morgan fingerprint density at radius 3 is 3.00 bits per heavy atom. The van der Waals surface area contributed by atoms with E-state index >= 15 is 0 Å². The van der Waals surface area contributed by atoms with E-state index in [1.807, 2.05) is 6.92 Å². The second kappa shape index (κ2) is 5.50. The fourth-order valence-corrected chi connectivity index (χ4v) is 1.79. The van der Waals surface area contributed by atoms with Gasteiger partial charge in [-0.1, -0.05) is 13.0 Å². The second-order valence-corrected chi connectivity index (χ2v) is 4.00. The van der Waals surface area contributed by atoms with Crippen LogP contribution in [0, 0.1) is 0 Å². The maximum Gasteiger partial charge on any atom is 0.273 e. The summed E-state index contributed by atoms with van der Waals surface area (Å²) in [6, 6.07) is 0. The number of hydrogen-bond donors (Lipinski definition) is 1. The molecule has 5 heteroatoms. The Kier molecular flexibility index (Phi) is 4.30. The highest BCUT2D eigenvalue weighted by Crippen LogP contribution is 2.13. The molecule has 0 saturated heterocycles. The van der Waals surface area contributed by atoms with E-state index in [2.05, 4.69) is 11.6 Å². The molecular formula is C10H15N3OS. The Labute approximate surface area is 93.4 Å². The predicted molar refractivity (Wildman–Crippen MR) is 62.9 cm³/mol. The number of aromatic nitrogens is 1. The summed E-state index contributed by atoms with van der Waals surface area (Å²) in [4.78, 5) is 17.6. The van der Waals surface area contributed by atoms with Gasteiger partial charge in [-0.05, 0) is 6.42 Å². The average Bonchev–Trinajstić information content (AvgIpc) is 2.63. The number of anilines is 1. The molecule has 0 bridgehead atoms. The molecule has 0 atom stereocenters. The molecule has 15 heavy (non-hydrogen) atoms. The molecule has 1 amide bonds. The zero-order chi connectivity index (χ0) is 11.3. The van der Waals surface area contributed by atoms with Gasteiger partial charge >= 0.3 is 0 Å². The van der Waals surface area contributed by atoms with E-state index in [4.69, 9.17) is 5.73 Å². The quantitative estimate of drug-likeness (QED) is 0.777. The predicted octanol–water partition coefficient (Wildman–Crippen LogP) is 1.76. The van der Waals surface area contributed by atoms with Crippen molar-refractivity contribution in [3.05, 3.63) is 23.7 Å². The standard InChI is InChI=1S/C10H15N3OS/c1-3-5-13(6-4-2)9(14)8-7-15-10(11)12-8/h3,7H,1,4-6H2,2H3,(H2,11,12). The number of rotatable bonds is 5. The third-order valence-corrected chi connectivity index (χ3v) is 2.55. The maximum atomic E-state index is 11.9. The lowest BCUT2D eigenvalue weighted by Crippen LogP contribution is -2.32. The monoisotopic (exact) mass is 225 g/mol. The summed E-state index contributed by atoms with van der Waals surface area (Å²) < 4.78 is 0. The number of thiazole rings is 1. The summed E-state index contributed by atoms with van der Waals surface area (Å²) >= 11 is 1.28. The van der Waals surface area contributed by atoms with Crippen LogP contribution in [0.4, 0.5) is 5.13 Å². The molecule has 2 N–H and O–H groups in total. The lowest BCUT2D eigenvalue weighted by atomic mass is 10.3. The van der Waals surface area contributed by atoms with Crippen molar-refractivity contribution in [2.45, 2.75) is 13.3 Å². The fourth-order valence-electron chi connectivity index (χ4n) is 1.25. The average molecular weight is 225 g/mol. The van der Waals surface area contributed by atoms with Crippen molar-refractivity contribution in [3.8, 4) is 0 Å². The molecule has 1 aromatic rings. The third-order valence-electron chi connectivity index (χ3n) is 1.87. The van der Waals surface area contributed by atoms with Crippen molar-refractivity contribution < 1.29 is 4.79 Å². The van der Waals surface area contributed by atoms with Crippen molar-refractivity contribution in [1.82, 2.24) is 9.88 Å². The molecule has 0 spiro atoms. The molecule has 0 aliphatic rings. The van der Waals surface area contributed by atoms with E-state index in [0.29, 0.717) is 23.9 Å². The molecule has 0 aliphatic carbocycles. The van der Waals surface area contributed by atoms with Gasteiger partial charge in [0.25, 0.3) is 5.91 Å². The Morgan fingerprint density at radius 2 is 2.53 bits per heavy atom. The zero-order valence-corrected chi connectivity index (χ0v) is 9.59. The topological polar surface area (TPSA) is 59.2 Å². The van der Waals surface area contributed by atoms with Crippen LogP contribution in [-0.4, -0.2) is 28.9 Å². The van der Waals surface area contributed by atoms with Crippen LogP contribution in [0.15, 0.2) is 18.0 Å². The summed E-state index contributed by atoms with van der Waals surface area (Å²) in [5, 5.41) is 2.11. The Bertz CT molecular complexity index is 348. The number of nitrogens with zero attached hydrogens (tertiary/aromatic N) is 2. The van der Waals surface area contributed by atoms with Crippen molar-refractivity contribution in [1.29, 1.82) is 0 Å². The number of nitrogen functional groups attached to an aromatic ring is 1. The number of carbonyl (C=O) groups excluding carboxylic acids is 1. The first kappa shape index (κ1) is 11.7. The summed E-state index contributed by atoms with van der Waals surface area (Å²) in [6.45, 7) is 6.91. The first-order valence-corrected chi connectivity index (χ1v) is 5.68. The van der Waals surface area contributed by atoms with Crippen molar-refractivity contribution >= 4 is 22.4 Å². The van der Waals surface area contributed by atoms with Gasteiger partial charge in [-0.15, -0.1) is 17.9 Å². The van der Waals surface area contributed by atoms with Crippen LogP contribution in [0.5, 0.6) is 0 Å². The smallest absolute Gasteiger partial charge is 0.273 e. The fraction of sp³-hybridized carbons (Fsp3) is 0.400. The summed E-state index contributed by atoms with van der Waals surface area (Å²) in [7, 11) is 0. The molecule has 0 saturated carbocycles. The third kappa shape index (κ3) is 3.06. The van der Waals surface area contributed by atoms with Crippen LogP contribution in [0.3, 0.4) is 0 Å². The van der Waals surface area contributed by atoms with Gasteiger partial charge in [-0.25, -0.2) is 4.98 Å². The van der Waals surface area contributed by atoms with Crippen LogP contribution in [0.25, 0.3) is 0 Å². The Morgan fingerprint density at radius 1 is 1.80 bits per heavy atom. The molecule has 82 valence electrons. The molecule has 0 aromatic carbocycles. The summed E-state index contributed by atoms with van der Waals surface area (Å²) in [5.41, 5.74) is 5.90. The molecule has 4 nitrogen and oxygen atoms in total. The van der Waals surface area contributed by atoms with Crippen LogP contribution in [0.2, 0.25) is 0 Å². The van der Waals surface area contributed by atoms with E-state index in [0.717, 1.165) is 6.42 Å². The van der Waals surface area contributed by atoms with E-state index in [9.17, 15) is 4.79 Å². The van der Waals surface area contributed by atoms with Crippen LogP contribution < -0.4 is 5.73 Å². The molecule has 1 aromatic heterocycles. The first-order chi connectivity index (χ1) is 7.19. The van der Waals surface area contributed by atoms with Gasteiger partial charge < -0.3 is 10.6 Å². The second-order valence-electron chi connectivity index (χ2n) is 3.11. The highest BCUT2D eigenvalue weighted by atomic mass is 32.1. The molecule has 0 fully saturated rings. The lowest BCUT2D eigenvalue weighted by Gasteiger charge is -2.18. The van der Waals surface area contributed by atoms with Gasteiger partial charge in [-0.3, -0.25) is 4.79 Å². The minimum absolute atomic E-state index is 0.0790. The molecule has 1 rings (SSSR count). The van der Waals surface area contributed by atoms with Crippen LogP contribution in [0.1, 0.15) is 23.8 Å². The van der Waals surface area contributed by atoms with E-state index in [1.165, 1.54) is 11.3 Å². The molecule has 1 heterocycles. The van der Waals surface area contributed by atoms with E-state index in [1.54, 1.807) is 16.4 Å². The van der Waals surface area contributed by atoms with Crippen LogP contribution in [-0.2, 0) is 0 Å². The van der Waals surface area contributed by atoms with Crippen molar-refractivity contribution in [2.24, 2.45) is 0 Å². The molecule has 0 unspecified atom stereocenters. The van der Waals surface area contributed by atoms with Gasteiger partial charge in [0.05, 0.1) is 0 Å². The minimum Gasteiger partial charge on any atom is -0.375 e. The summed E-state index contributed by atoms with van der Waals surface area (Å²) in [5.74, 6) is -0.0790. The number of carbonyl (C=O) groups is 1. The Hall–Kier alpha value is -1.36. The van der Waals surface area contributed by atoms with Gasteiger partial charge in [0, 0.05) is 18.5 Å². The summed E-state index contributed by atoms with van der Waals surface area (Å²) in [6.07, 6.45) is 2.63. The van der Waals surface area contributed by atoms with E-state index < -0.39 is 0 Å². The highest BCUT2D eigenvalue weighted by Gasteiger charge is 2.16. The SMILES string of the molecule is C=CCN(CCC)C(=O)c1csc(N)n1. The van der Waals surface area contributed by atoms with Crippen LogP contribution >= 0.6 is 11.3 Å². The molecule has 0 radical (unpaired) electrons. The minimum atomic E-state index is -0.0790. The van der Waals surface area contributed by atoms with Crippen molar-refractivity contribution in [3.63, 3.8) is 0 Å². The van der Waals surface area contributed by atoms with Gasteiger partial charge in [0.2, 0.25) is 0 Å². The normalized spacial score (nSPS) is 9.93. The Balaban J connectivity index is 2.75. The molecular weight excluding hydrogens is 210 g/mol. The largest absolute Gasteiger partial charge is 0.375 e. The molecule has 0 aliphatic heterocycles. The highest BCUT2D eigenvalue weighted by molar-refractivity contribution is 7.13. The maximum absolute atomic E-state index is 11.9. The number of nitrogens with two attached hydrogens (primary N) is 1.